The molecular formula is C25H32O2. The lowest BCUT2D eigenvalue weighted by molar-refractivity contribution is 0.0224. The summed E-state index contributed by atoms with van der Waals surface area (Å²) in [6.45, 7) is 10.6. The molecular weight excluding hydrogens is 332 g/mol. The number of hydrogen-bond acceptors (Lipinski definition) is 2. The van der Waals surface area contributed by atoms with Crippen LogP contribution < -0.4 is 4.74 Å². The van der Waals surface area contributed by atoms with Gasteiger partial charge in [0.05, 0.1) is 7.11 Å². The van der Waals surface area contributed by atoms with Crippen molar-refractivity contribution in [1.29, 1.82) is 0 Å². The molecule has 1 saturated heterocycles. The van der Waals surface area contributed by atoms with Gasteiger partial charge in [-0.25, -0.2) is 0 Å². The fourth-order valence-corrected chi connectivity index (χ4v) is 7.44. The summed E-state index contributed by atoms with van der Waals surface area (Å²) in [5.74, 6) is 4.38. The van der Waals surface area contributed by atoms with Crippen LogP contribution in [0.15, 0.2) is 43.5 Å². The van der Waals surface area contributed by atoms with E-state index in [-0.39, 0.29) is 11.2 Å². The first-order valence-corrected chi connectivity index (χ1v) is 10.8. The highest BCUT2D eigenvalue weighted by Gasteiger charge is 2.80. The molecule has 3 aliphatic carbocycles. The first-order valence-electron chi connectivity index (χ1n) is 10.8. The number of allylic oxidation sites excluding steroid dienone is 1. The van der Waals surface area contributed by atoms with Crippen LogP contribution in [0.4, 0.5) is 0 Å². The number of epoxide rings is 1. The Morgan fingerprint density at radius 1 is 1.33 bits per heavy atom. The van der Waals surface area contributed by atoms with Gasteiger partial charge < -0.3 is 9.47 Å². The van der Waals surface area contributed by atoms with Gasteiger partial charge in [0.25, 0.3) is 0 Å². The number of benzene rings is 1. The Hall–Kier alpha value is -1.54. The molecule has 0 amide bonds. The summed E-state index contributed by atoms with van der Waals surface area (Å²) in [6, 6.07) is 6.79. The van der Waals surface area contributed by atoms with Gasteiger partial charge >= 0.3 is 0 Å². The highest BCUT2D eigenvalue weighted by molar-refractivity contribution is 5.44. The summed E-state index contributed by atoms with van der Waals surface area (Å²) >= 11 is 0. The molecule has 0 aromatic heterocycles. The molecule has 1 aromatic carbocycles. The van der Waals surface area contributed by atoms with Crippen molar-refractivity contribution in [2.75, 3.05) is 7.11 Å². The highest BCUT2D eigenvalue weighted by Crippen LogP contribution is 2.75. The zero-order chi connectivity index (χ0) is 18.8. The third kappa shape index (κ3) is 2.11. The van der Waals surface area contributed by atoms with Gasteiger partial charge in [0.15, 0.2) is 0 Å². The first-order chi connectivity index (χ1) is 13.1. The fraction of sp³-hybridized carbons (Fsp3) is 0.600. The number of fused-ring (bicyclic) bond motifs is 4. The van der Waals surface area contributed by atoms with E-state index in [1.54, 1.807) is 12.7 Å². The van der Waals surface area contributed by atoms with E-state index >= 15 is 0 Å². The molecule has 2 heteroatoms. The molecule has 27 heavy (non-hydrogen) atoms. The normalized spacial score (nSPS) is 43.7. The lowest BCUT2D eigenvalue weighted by Crippen LogP contribution is -2.45. The van der Waals surface area contributed by atoms with Crippen molar-refractivity contribution >= 4 is 0 Å². The fourth-order valence-electron chi connectivity index (χ4n) is 7.44. The lowest BCUT2D eigenvalue weighted by atomic mass is 9.55. The number of rotatable bonds is 5. The van der Waals surface area contributed by atoms with E-state index in [4.69, 9.17) is 9.47 Å². The summed E-state index contributed by atoms with van der Waals surface area (Å²) in [6.07, 6.45) is 11.4. The number of ether oxygens (including phenoxy) is 2. The van der Waals surface area contributed by atoms with E-state index in [0.717, 1.165) is 24.0 Å². The second-order valence-corrected chi connectivity index (χ2v) is 9.21. The van der Waals surface area contributed by atoms with Crippen LogP contribution in [0.2, 0.25) is 0 Å². The van der Waals surface area contributed by atoms with Crippen molar-refractivity contribution in [3.8, 4) is 5.75 Å². The lowest BCUT2D eigenvalue weighted by Gasteiger charge is -2.48. The molecule has 1 aliphatic heterocycles. The smallest absolute Gasteiger partial charge is 0.119 e. The van der Waals surface area contributed by atoms with Gasteiger partial charge in [0.1, 0.15) is 17.0 Å². The molecule has 0 bridgehead atoms. The van der Waals surface area contributed by atoms with E-state index < -0.39 is 0 Å². The van der Waals surface area contributed by atoms with Crippen LogP contribution in [-0.2, 0) is 11.2 Å². The largest absolute Gasteiger partial charge is 0.497 e. The van der Waals surface area contributed by atoms with E-state index in [1.165, 1.54) is 37.7 Å². The SMILES string of the molecule is C=CC[C@@H]1CC2C3C(CC[C@@]24O[C@@]14C=C)c1ccc(OC)cc1C[C@H]3CC. The van der Waals surface area contributed by atoms with Crippen LogP contribution in [0, 0.1) is 23.7 Å². The summed E-state index contributed by atoms with van der Waals surface area (Å²) in [5.41, 5.74) is 3.10. The molecule has 3 fully saturated rings. The van der Waals surface area contributed by atoms with E-state index in [0.29, 0.717) is 17.8 Å². The molecule has 7 atom stereocenters. The molecule has 1 heterocycles. The molecule has 1 spiro atoms. The molecule has 144 valence electrons. The summed E-state index contributed by atoms with van der Waals surface area (Å²) in [5, 5.41) is 0. The maximum absolute atomic E-state index is 6.63. The number of methoxy groups -OCH3 is 1. The van der Waals surface area contributed by atoms with Crippen molar-refractivity contribution in [1.82, 2.24) is 0 Å². The summed E-state index contributed by atoms with van der Waals surface area (Å²) in [4.78, 5) is 0. The molecule has 2 saturated carbocycles. The predicted molar refractivity (Wildman–Crippen MR) is 109 cm³/mol. The minimum Gasteiger partial charge on any atom is -0.497 e. The van der Waals surface area contributed by atoms with Crippen LogP contribution in [-0.4, -0.2) is 18.3 Å². The molecule has 4 aliphatic rings. The van der Waals surface area contributed by atoms with Crippen molar-refractivity contribution < 1.29 is 9.47 Å². The van der Waals surface area contributed by atoms with Crippen LogP contribution in [0.1, 0.15) is 56.1 Å². The molecule has 0 radical (unpaired) electrons. The Bertz CT molecular complexity index is 783. The van der Waals surface area contributed by atoms with Gasteiger partial charge in [0.2, 0.25) is 0 Å². The number of hydrogen-bond donors (Lipinski definition) is 0. The predicted octanol–water partition coefficient (Wildman–Crippen LogP) is 5.68. The first kappa shape index (κ1) is 17.6. The average molecular weight is 365 g/mol. The quantitative estimate of drug-likeness (QED) is 0.495. The minimum atomic E-state index is -0.0741. The van der Waals surface area contributed by atoms with Gasteiger partial charge in [0, 0.05) is 0 Å². The summed E-state index contributed by atoms with van der Waals surface area (Å²) < 4.78 is 12.1. The topological polar surface area (TPSA) is 21.8 Å². The van der Waals surface area contributed by atoms with E-state index in [9.17, 15) is 0 Å². The van der Waals surface area contributed by atoms with Crippen LogP contribution in [0.5, 0.6) is 5.75 Å². The summed E-state index contributed by atoms with van der Waals surface area (Å²) in [7, 11) is 1.77. The van der Waals surface area contributed by atoms with Gasteiger partial charge in [-0.1, -0.05) is 31.6 Å². The van der Waals surface area contributed by atoms with Gasteiger partial charge in [-0.2, -0.15) is 0 Å². The Kier molecular flexibility index (Phi) is 3.89. The van der Waals surface area contributed by atoms with Crippen LogP contribution >= 0.6 is 0 Å². The van der Waals surface area contributed by atoms with E-state index in [2.05, 4.69) is 50.4 Å². The Balaban J connectivity index is 1.55. The third-order valence-electron chi connectivity index (χ3n) is 8.53. The van der Waals surface area contributed by atoms with Gasteiger partial charge in [-0.3, -0.25) is 0 Å². The second kappa shape index (κ2) is 5.98. The minimum absolute atomic E-state index is 0.0704. The van der Waals surface area contributed by atoms with Crippen LogP contribution in [0.25, 0.3) is 0 Å². The average Bonchev–Trinajstić information content (AvgIpc) is 3.29. The third-order valence-corrected chi connectivity index (χ3v) is 8.53. The maximum Gasteiger partial charge on any atom is 0.119 e. The molecule has 2 nitrogen and oxygen atoms in total. The Morgan fingerprint density at radius 2 is 2.19 bits per heavy atom. The van der Waals surface area contributed by atoms with Crippen molar-refractivity contribution in [3.63, 3.8) is 0 Å². The van der Waals surface area contributed by atoms with Crippen LogP contribution in [0.3, 0.4) is 0 Å². The highest BCUT2D eigenvalue weighted by atomic mass is 16.6. The zero-order valence-electron chi connectivity index (χ0n) is 16.7. The molecule has 3 unspecified atom stereocenters. The maximum atomic E-state index is 6.63. The Labute approximate surface area is 163 Å². The van der Waals surface area contributed by atoms with E-state index in [1.807, 2.05) is 0 Å². The molecule has 0 N–H and O–H groups in total. The van der Waals surface area contributed by atoms with Crippen molar-refractivity contribution in [2.24, 2.45) is 23.7 Å². The second-order valence-electron chi connectivity index (χ2n) is 9.21. The zero-order valence-corrected chi connectivity index (χ0v) is 16.7. The monoisotopic (exact) mass is 364 g/mol. The van der Waals surface area contributed by atoms with Gasteiger partial charge in [-0.15, -0.1) is 13.2 Å². The van der Waals surface area contributed by atoms with Crippen molar-refractivity contribution in [2.45, 2.75) is 62.6 Å². The Morgan fingerprint density at radius 3 is 2.89 bits per heavy atom. The van der Waals surface area contributed by atoms with Gasteiger partial charge in [-0.05, 0) is 85.0 Å². The standard InChI is InChI=1S/C25H32O2/c1-5-8-18-15-22-23-16(6-2)13-17-14-19(26-4)9-10-20(17)21(23)11-12-25(22)24(18,7-3)27-25/h5,7,9-10,14,16,18,21-23H,1,3,6,8,11-13,15H2,2,4H3/t16-,18-,21?,22?,23?,24+,25-/m1/s1. The van der Waals surface area contributed by atoms with Crippen molar-refractivity contribution in [3.05, 3.63) is 54.6 Å². The molecule has 5 rings (SSSR count). The molecule has 1 aromatic rings.